The van der Waals surface area contributed by atoms with E-state index in [1.54, 1.807) is 17.0 Å². The van der Waals surface area contributed by atoms with Crippen LogP contribution in [-0.2, 0) is 9.59 Å². The largest absolute Gasteiger partial charge is 0.506 e. The number of anilines is 1. The molecule has 1 aromatic rings. The predicted octanol–water partition coefficient (Wildman–Crippen LogP) is 2.43. The molecule has 1 saturated heterocycles. The van der Waals surface area contributed by atoms with Gasteiger partial charge in [-0.1, -0.05) is 23.4 Å². The van der Waals surface area contributed by atoms with E-state index in [4.69, 9.17) is 11.6 Å². The number of hydrogen-bond acceptors (Lipinski definition) is 4. The molecule has 1 aromatic carbocycles. The second-order valence-corrected chi connectivity index (χ2v) is 5.96. The third-order valence-electron chi connectivity index (χ3n) is 2.66. The van der Waals surface area contributed by atoms with Crippen molar-refractivity contribution in [3.63, 3.8) is 0 Å². The SMILES string of the molecule is CC(=O)SC1CC(=O)N(c2ccc(Cl)c(O)c2)C1. The van der Waals surface area contributed by atoms with Crippen molar-refractivity contribution in [3.05, 3.63) is 23.2 Å². The maximum absolute atomic E-state index is 11.8. The van der Waals surface area contributed by atoms with E-state index >= 15 is 0 Å². The summed E-state index contributed by atoms with van der Waals surface area (Å²) in [6, 6.07) is 4.69. The number of rotatable bonds is 2. The Morgan fingerprint density at radius 1 is 1.56 bits per heavy atom. The van der Waals surface area contributed by atoms with E-state index in [9.17, 15) is 14.7 Å². The van der Waals surface area contributed by atoms with Gasteiger partial charge in [-0.05, 0) is 12.1 Å². The molecule has 1 aliphatic rings. The fraction of sp³-hybridized carbons (Fsp3) is 0.333. The number of aromatic hydroxyl groups is 1. The van der Waals surface area contributed by atoms with Gasteiger partial charge in [-0.2, -0.15) is 0 Å². The first-order valence-electron chi connectivity index (χ1n) is 5.43. The lowest BCUT2D eigenvalue weighted by Gasteiger charge is -2.16. The summed E-state index contributed by atoms with van der Waals surface area (Å²) < 4.78 is 0. The van der Waals surface area contributed by atoms with Crippen LogP contribution < -0.4 is 4.90 Å². The minimum Gasteiger partial charge on any atom is -0.506 e. The summed E-state index contributed by atoms with van der Waals surface area (Å²) in [5.41, 5.74) is 0.605. The Bertz CT molecular complexity index is 506. The highest BCUT2D eigenvalue weighted by Gasteiger charge is 2.32. The minimum atomic E-state index is -0.0513. The van der Waals surface area contributed by atoms with Crippen LogP contribution in [0.4, 0.5) is 5.69 Å². The van der Waals surface area contributed by atoms with Crippen molar-refractivity contribution in [3.8, 4) is 5.75 Å². The second-order valence-electron chi connectivity index (χ2n) is 4.08. The van der Waals surface area contributed by atoms with Crippen molar-refractivity contribution in [2.45, 2.75) is 18.6 Å². The second kappa shape index (κ2) is 5.20. The standard InChI is InChI=1S/C12H12ClNO3S/c1-7(15)18-9-5-12(17)14(6-9)8-2-3-10(13)11(16)4-8/h2-4,9,16H,5-6H2,1H3. The van der Waals surface area contributed by atoms with Crippen molar-refractivity contribution in [1.82, 2.24) is 0 Å². The van der Waals surface area contributed by atoms with E-state index < -0.39 is 0 Å². The normalized spacial score (nSPS) is 19.3. The van der Waals surface area contributed by atoms with Gasteiger partial charge in [0.25, 0.3) is 0 Å². The van der Waals surface area contributed by atoms with Crippen LogP contribution in [0.25, 0.3) is 0 Å². The minimum absolute atomic E-state index is 0.00797. The molecular formula is C12H12ClNO3S. The Hall–Kier alpha value is -1.20. The van der Waals surface area contributed by atoms with Crippen LogP contribution in [0.2, 0.25) is 5.02 Å². The smallest absolute Gasteiger partial charge is 0.228 e. The molecule has 0 bridgehead atoms. The molecule has 1 aliphatic heterocycles. The summed E-state index contributed by atoms with van der Waals surface area (Å²) >= 11 is 6.90. The van der Waals surface area contributed by atoms with E-state index in [-0.39, 0.29) is 27.0 Å². The molecule has 6 heteroatoms. The molecule has 96 valence electrons. The van der Waals surface area contributed by atoms with Crippen LogP contribution in [0.1, 0.15) is 13.3 Å². The molecule has 1 N–H and O–H groups in total. The predicted molar refractivity (Wildman–Crippen MR) is 72.1 cm³/mol. The molecule has 0 spiro atoms. The number of amides is 1. The fourth-order valence-electron chi connectivity index (χ4n) is 1.91. The van der Waals surface area contributed by atoms with Gasteiger partial charge >= 0.3 is 0 Å². The zero-order chi connectivity index (χ0) is 13.3. The van der Waals surface area contributed by atoms with Gasteiger partial charge in [0.05, 0.1) is 5.02 Å². The van der Waals surface area contributed by atoms with Gasteiger partial charge in [-0.15, -0.1) is 0 Å². The molecule has 1 unspecified atom stereocenters. The molecular weight excluding hydrogens is 274 g/mol. The fourth-order valence-corrected chi connectivity index (χ4v) is 2.94. The number of benzene rings is 1. The third-order valence-corrected chi connectivity index (χ3v) is 3.96. The molecule has 0 aromatic heterocycles. The van der Waals surface area contributed by atoms with Gasteiger partial charge in [0, 0.05) is 36.9 Å². The zero-order valence-electron chi connectivity index (χ0n) is 9.72. The average Bonchev–Trinajstić information content (AvgIpc) is 2.62. The van der Waals surface area contributed by atoms with E-state index in [0.717, 1.165) is 0 Å². The van der Waals surface area contributed by atoms with E-state index in [0.29, 0.717) is 18.7 Å². The number of carbonyl (C=O) groups is 2. The van der Waals surface area contributed by atoms with E-state index in [2.05, 4.69) is 0 Å². The molecule has 1 amide bonds. The summed E-state index contributed by atoms with van der Waals surface area (Å²) in [7, 11) is 0. The number of halogens is 1. The number of hydrogen-bond donors (Lipinski definition) is 1. The van der Waals surface area contributed by atoms with Gasteiger partial charge in [0.2, 0.25) is 5.91 Å². The Kier molecular flexibility index (Phi) is 3.82. The first kappa shape index (κ1) is 13.2. The van der Waals surface area contributed by atoms with Crippen LogP contribution >= 0.6 is 23.4 Å². The van der Waals surface area contributed by atoms with Crippen LogP contribution in [0, 0.1) is 0 Å². The average molecular weight is 286 g/mol. The van der Waals surface area contributed by atoms with Gasteiger partial charge in [0.15, 0.2) is 5.12 Å². The quantitative estimate of drug-likeness (QED) is 0.907. The highest BCUT2D eigenvalue weighted by atomic mass is 35.5. The monoisotopic (exact) mass is 285 g/mol. The van der Waals surface area contributed by atoms with Crippen LogP contribution in [0.15, 0.2) is 18.2 Å². The third kappa shape index (κ3) is 2.79. The Morgan fingerprint density at radius 3 is 2.89 bits per heavy atom. The first-order chi connectivity index (χ1) is 8.47. The Labute approximate surface area is 114 Å². The van der Waals surface area contributed by atoms with Gasteiger partial charge in [-0.3, -0.25) is 9.59 Å². The number of nitrogens with zero attached hydrogens (tertiary/aromatic N) is 1. The lowest BCUT2D eigenvalue weighted by atomic mass is 10.3. The zero-order valence-corrected chi connectivity index (χ0v) is 11.3. The highest BCUT2D eigenvalue weighted by molar-refractivity contribution is 8.14. The summed E-state index contributed by atoms with van der Waals surface area (Å²) in [6.07, 6.45) is 0.341. The van der Waals surface area contributed by atoms with Gasteiger partial charge in [0.1, 0.15) is 5.75 Å². The van der Waals surface area contributed by atoms with Crippen LogP contribution in [-0.4, -0.2) is 27.9 Å². The van der Waals surface area contributed by atoms with Crippen LogP contribution in [0.3, 0.4) is 0 Å². The number of phenols is 1. The summed E-state index contributed by atoms with van der Waals surface area (Å²) in [5.74, 6) is -0.0971. The van der Waals surface area contributed by atoms with Crippen molar-refractivity contribution < 1.29 is 14.7 Å². The topological polar surface area (TPSA) is 57.6 Å². The Balaban J connectivity index is 2.16. The van der Waals surface area contributed by atoms with Crippen LogP contribution in [0.5, 0.6) is 5.75 Å². The van der Waals surface area contributed by atoms with E-state index in [1.165, 1.54) is 24.8 Å². The van der Waals surface area contributed by atoms with Crippen molar-refractivity contribution in [1.29, 1.82) is 0 Å². The molecule has 0 aliphatic carbocycles. The van der Waals surface area contributed by atoms with E-state index in [1.807, 2.05) is 0 Å². The molecule has 1 heterocycles. The molecule has 4 nitrogen and oxygen atoms in total. The lowest BCUT2D eigenvalue weighted by Crippen LogP contribution is -2.24. The molecule has 1 atom stereocenters. The molecule has 1 fully saturated rings. The number of carbonyl (C=O) groups excluding carboxylic acids is 2. The summed E-state index contributed by atoms with van der Waals surface area (Å²) in [4.78, 5) is 24.4. The van der Waals surface area contributed by atoms with Crippen molar-refractivity contribution in [2.24, 2.45) is 0 Å². The molecule has 0 saturated carbocycles. The summed E-state index contributed by atoms with van der Waals surface area (Å²) in [6.45, 7) is 1.97. The van der Waals surface area contributed by atoms with Gasteiger partial charge in [-0.25, -0.2) is 0 Å². The number of thioether (sulfide) groups is 1. The molecule has 0 radical (unpaired) electrons. The molecule has 2 rings (SSSR count). The molecule has 18 heavy (non-hydrogen) atoms. The number of phenolic OH excluding ortho intramolecular Hbond substituents is 1. The summed E-state index contributed by atoms with van der Waals surface area (Å²) in [5, 5.41) is 9.77. The first-order valence-corrected chi connectivity index (χ1v) is 6.69. The van der Waals surface area contributed by atoms with Crippen molar-refractivity contribution in [2.75, 3.05) is 11.4 Å². The van der Waals surface area contributed by atoms with Gasteiger partial charge < -0.3 is 10.0 Å². The highest BCUT2D eigenvalue weighted by Crippen LogP contribution is 2.33. The lowest BCUT2D eigenvalue weighted by molar-refractivity contribution is -0.117. The van der Waals surface area contributed by atoms with Crippen molar-refractivity contribution >= 4 is 40.1 Å². The Morgan fingerprint density at radius 2 is 2.28 bits per heavy atom. The maximum Gasteiger partial charge on any atom is 0.228 e. The maximum atomic E-state index is 11.8.